The highest BCUT2D eigenvalue weighted by molar-refractivity contribution is 5.99. The molecule has 0 saturated heterocycles. The van der Waals surface area contributed by atoms with E-state index in [2.05, 4.69) is 10.6 Å². The van der Waals surface area contributed by atoms with Crippen LogP contribution in [-0.2, 0) is 13.0 Å². The van der Waals surface area contributed by atoms with Crippen molar-refractivity contribution in [3.8, 4) is 5.75 Å². The topological polar surface area (TPSA) is 90.9 Å². The molecule has 0 spiro atoms. The van der Waals surface area contributed by atoms with Crippen molar-refractivity contribution in [2.24, 2.45) is 0 Å². The number of ether oxygens (including phenoxy) is 1. The van der Waals surface area contributed by atoms with E-state index in [1.165, 1.54) is 0 Å². The molecular formula is C33H43N3O4. The first-order valence-corrected chi connectivity index (χ1v) is 14.3. The second-order valence-corrected chi connectivity index (χ2v) is 9.92. The van der Waals surface area contributed by atoms with Crippen molar-refractivity contribution in [2.45, 2.75) is 58.7 Å². The summed E-state index contributed by atoms with van der Waals surface area (Å²) >= 11 is 0. The third-order valence-corrected chi connectivity index (χ3v) is 6.62. The van der Waals surface area contributed by atoms with E-state index < -0.39 is 12.1 Å². The summed E-state index contributed by atoms with van der Waals surface area (Å²) in [6.45, 7) is 8.84. The molecule has 3 aromatic rings. The van der Waals surface area contributed by atoms with E-state index in [0.717, 1.165) is 29.7 Å². The van der Waals surface area contributed by atoms with Crippen LogP contribution >= 0.6 is 0 Å². The van der Waals surface area contributed by atoms with Gasteiger partial charge >= 0.3 is 0 Å². The third kappa shape index (κ3) is 9.50. The number of aliphatic hydroxyl groups excluding tert-OH is 1. The Morgan fingerprint density at radius 1 is 0.850 bits per heavy atom. The normalized spacial score (nSPS) is 12.4. The van der Waals surface area contributed by atoms with Gasteiger partial charge in [-0.2, -0.15) is 0 Å². The lowest BCUT2D eigenvalue weighted by Gasteiger charge is -2.25. The maximum Gasteiger partial charge on any atom is 0.253 e. The molecule has 7 nitrogen and oxygen atoms in total. The summed E-state index contributed by atoms with van der Waals surface area (Å²) in [6.07, 6.45) is 1.37. The Labute approximate surface area is 238 Å². The lowest BCUT2D eigenvalue weighted by molar-refractivity contribution is 0.0755. The largest absolute Gasteiger partial charge is 0.494 e. The zero-order valence-corrected chi connectivity index (χ0v) is 23.9. The molecule has 0 bridgehead atoms. The van der Waals surface area contributed by atoms with Gasteiger partial charge in [-0.25, -0.2) is 0 Å². The van der Waals surface area contributed by atoms with Crippen molar-refractivity contribution in [1.29, 1.82) is 0 Å². The molecule has 0 fully saturated rings. The fourth-order valence-electron chi connectivity index (χ4n) is 4.65. The molecule has 0 aliphatic carbocycles. The summed E-state index contributed by atoms with van der Waals surface area (Å²) in [4.78, 5) is 28.3. The Kier molecular flexibility index (Phi) is 12.7. The smallest absolute Gasteiger partial charge is 0.253 e. The summed E-state index contributed by atoms with van der Waals surface area (Å²) in [6, 6.07) is 23.9. The number of benzene rings is 3. The minimum atomic E-state index is -0.839. The second-order valence-electron chi connectivity index (χ2n) is 9.92. The van der Waals surface area contributed by atoms with Crippen LogP contribution in [0.2, 0.25) is 0 Å². The molecule has 7 heteroatoms. The number of carbonyl (C=O) groups is 2. The van der Waals surface area contributed by atoms with Gasteiger partial charge in [-0.15, -0.1) is 0 Å². The van der Waals surface area contributed by atoms with E-state index in [4.69, 9.17) is 4.74 Å². The molecule has 0 radical (unpaired) electrons. The molecule has 3 aromatic carbocycles. The molecule has 0 heterocycles. The van der Waals surface area contributed by atoms with Crippen LogP contribution in [0.3, 0.4) is 0 Å². The molecular weight excluding hydrogens is 502 g/mol. The maximum absolute atomic E-state index is 13.4. The van der Waals surface area contributed by atoms with Crippen LogP contribution < -0.4 is 15.4 Å². The highest BCUT2D eigenvalue weighted by Crippen LogP contribution is 2.14. The first-order valence-electron chi connectivity index (χ1n) is 14.3. The Bertz CT molecular complexity index is 1200. The van der Waals surface area contributed by atoms with Crippen molar-refractivity contribution < 1.29 is 19.4 Å². The first kappa shape index (κ1) is 30.9. The molecule has 214 valence electrons. The van der Waals surface area contributed by atoms with Gasteiger partial charge < -0.3 is 25.4 Å². The number of nitrogens with zero attached hydrogens (tertiary/aromatic N) is 1. The summed E-state index contributed by atoms with van der Waals surface area (Å²) in [5.41, 5.74) is 2.94. The average molecular weight is 546 g/mol. The van der Waals surface area contributed by atoms with Crippen molar-refractivity contribution in [3.63, 3.8) is 0 Å². The lowest BCUT2D eigenvalue weighted by atomic mass is 10.00. The van der Waals surface area contributed by atoms with Crippen molar-refractivity contribution >= 4 is 11.8 Å². The van der Waals surface area contributed by atoms with Crippen molar-refractivity contribution in [2.75, 3.05) is 26.2 Å². The molecule has 2 amide bonds. The highest BCUT2D eigenvalue weighted by Gasteiger charge is 2.23. The van der Waals surface area contributed by atoms with Crippen LogP contribution in [0.15, 0.2) is 78.9 Å². The van der Waals surface area contributed by atoms with Gasteiger partial charge in [-0.05, 0) is 67.6 Å². The van der Waals surface area contributed by atoms with Crippen LogP contribution in [0.4, 0.5) is 0 Å². The minimum absolute atomic E-state index is 0.0724. The zero-order chi connectivity index (χ0) is 28.7. The third-order valence-electron chi connectivity index (χ3n) is 6.62. The molecule has 0 unspecified atom stereocenters. The number of aliphatic hydroxyl groups is 1. The van der Waals surface area contributed by atoms with Gasteiger partial charge in [0.2, 0.25) is 0 Å². The predicted octanol–water partition coefficient (Wildman–Crippen LogP) is 4.84. The van der Waals surface area contributed by atoms with Gasteiger partial charge in [-0.1, -0.05) is 62.4 Å². The van der Waals surface area contributed by atoms with Crippen LogP contribution in [0, 0.1) is 0 Å². The van der Waals surface area contributed by atoms with Gasteiger partial charge in [0.1, 0.15) is 5.75 Å². The number of hydrogen-bond donors (Lipinski definition) is 3. The second kappa shape index (κ2) is 16.4. The minimum Gasteiger partial charge on any atom is -0.494 e. The van der Waals surface area contributed by atoms with E-state index in [0.29, 0.717) is 43.8 Å². The number of nitrogens with one attached hydrogen (secondary N) is 2. The number of rotatable bonds is 16. The molecule has 3 rings (SSSR count). The van der Waals surface area contributed by atoms with E-state index in [-0.39, 0.29) is 18.4 Å². The fourth-order valence-corrected chi connectivity index (χ4v) is 4.65. The molecule has 0 aliphatic rings. The van der Waals surface area contributed by atoms with Crippen molar-refractivity contribution in [3.05, 3.63) is 101 Å². The van der Waals surface area contributed by atoms with Crippen LogP contribution in [0.5, 0.6) is 5.75 Å². The monoisotopic (exact) mass is 545 g/mol. The van der Waals surface area contributed by atoms with Gasteiger partial charge in [0, 0.05) is 37.3 Å². The van der Waals surface area contributed by atoms with Gasteiger partial charge in [0.25, 0.3) is 11.8 Å². The van der Waals surface area contributed by atoms with Crippen LogP contribution in [0.25, 0.3) is 0 Å². The summed E-state index contributed by atoms with van der Waals surface area (Å²) in [5, 5.41) is 17.5. The van der Waals surface area contributed by atoms with Crippen LogP contribution in [0.1, 0.15) is 65.5 Å². The van der Waals surface area contributed by atoms with E-state index in [1.54, 1.807) is 24.3 Å². The number of carbonyl (C=O) groups excluding carboxylic acids is 2. The predicted molar refractivity (Wildman–Crippen MR) is 160 cm³/mol. The van der Waals surface area contributed by atoms with Gasteiger partial charge in [0.05, 0.1) is 18.8 Å². The van der Waals surface area contributed by atoms with E-state index in [9.17, 15) is 14.7 Å². The van der Waals surface area contributed by atoms with E-state index >= 15 is 0 Å². The lowest BCUT2D eigenvalue weighted by Crippen LogP contribution is -2.48. The number of hydrogen-bond acceptors (Lipinski definition) is 5. The molecule has 0 aliphatic heterocycles. The Morgan fingerprint density at radius 2 is 1.52 bits per heavy atom. The standard InChI is InChI=1S/C33H43N3O4/c1-4-18-36(19-5-2)33(39)28-16-11-15-27(22-28)32(38)35-30(21-25-12-8-7-9-13-25)31(37)24-34-23-26-14-10-17-29(20-26)40-6-3/h7-17,20,22,30-31,34,37H,4-6,18-19,21,23-24H2,1-3H3,(H,35,38)/t30-,31+/m0/s1. The summed E-state index contributed by atoms with van der Waals surface area (Å²) in [5.74, 6) is 0.415. The first-order chi connectivity index (χ1) is 19.4. The molecule has 40 heavy (non-hydrogen) atoms. The molecule has 2 atom stereocenters. The molecule has 0 aromatic heterocycles. The molecule has 3 N–H and O–H groups in total. The van der Waals surface area contributed by atoms with Crippen LogP contribution in [-0.4, -0.2) is 60.2 Å². The SMILES string of the molecule is CCCN(CCC)C(=O)c1cccc(C(=O)N[C@@H](Cc2ccccc2)[C@H](O)CNCc2cccc(OCC)c2)c1. The summed E-state index contributed by atoms with van der Waals surface area (Å²) in [7, 11) is 0. The van der Waals surface area contributed by atoms with Crippen molar-refractivity contribution in [1.82, 2.24) is 15.5 Å². The molecule has 0 saturated carbocycles. The fraction of sp³-hybridized carbons (Fsp3) is 0.394. The zero-order valence-electron chi connectivity index (χ0n) is 23.9. The Morgan fingerprint density at radius 3 is 2.23 bits per heavy atom. The summed E-state index contributed by atoms with van der Waals surface area (Å²) < 4.78 is 5.58. The number of amides is 2. The van der Waals surface area contributed by atoms with Gasteiger partial charge in [0.15, 0.2) is 0 Å². The van der Waals surface area contributed by atoms with Gasteiger partial charge in [-0.3, -0.25) is 9.59 Å². The maximum atomic E-state index is 13.4. The average Bonchev–Trinajstić information content (AvgIpc) is 2.97. The van der Waals surface area contributed by atoms with E-state index in [1.807, 2.05) is 80.3 Å². The Balaban J connectivity index is 1.70. The quantitative estimate of drug-likeness (QED) is 0.240. The highest BCUT2D eigenvalue weighted by atomic mass is 16.5. The Hall–Kier alpha value is -3.68.